The molecule has 1 aromatic heterocycles. The van der Waals surface area contributed by atoms with Gasteiger partial charge in [-0.3, -0.25) is 14.5 Å². The summed E-state index contributed by atoms with van der Waals surface area (Å²) < 4.78 is 11.6. The second kappa shape index (κ2) is 10.2. The highest BCUT2D eigenvalue weighted by molar-refractivity contribution is 7.22. The fourth-order valence-electron chi connectivity index (χ4n) is 4.45. The average Bonchev–Trinajstić information content (AvgIpc) is 3.46. The van der Waals surface area contributed by atoms with Crippen LogP contribution in [0.25, 0.3) is 16.0 Å². The topological polar surface area (TPSA) is 92.2 Å². The number of amides is 1. The Morgan fingerprint density at radius 3 is 2.34 bits per heavy atom. The summed E-state index contributed by atoms with van der Waals surface area (Å²) in [6.07, 6.45) is 0. The number of Topliss-reactive ketones (excluding diaryl/α,β-unsaturated/α-hetero) is 1. The monoisotopic (exact) mass is 529 g/mol. The number of aromatic nitrogens is 1. The predicted molar refractivity (Wildman–Crippen MR) is 149 cm³/mol. The maximum Gasteiger partial charge on any atom is 0.301 e. The van der Waals surface area contributed by atoms with E-state index in [0.717, 1.165) is 10.4 Å². The predicted octanol–water partition coefficient (Wildman–Crippen LogP) is 5.40. The molecule has 0 bridgehead atoms. The first-order valence-corrected chi connectivity index (χ1v) is 12.9. The van der Waals surface area contributed by atoms with Crippen LogP contribution < -0.4 is 19.3 Å². The number of benzene rings is 3. The Hall–Kier alpha value is -4.37. The number of anilines is 2. The summed E-state index contributed by atoms with van der Waals surface area (Å²) in [7, 11) is 5.45. The summed E-state index contributed by atoms with van der Waals surface area (Å²) in [6, 6.07) is 18.9. The number of aliphatic hydroxyl groups excluding tert-OH is 1. The molecular formula is C29H27N3O5S. The van der Waals surface area contributed by atoms with Gasteiger partial charge in [0.2, 0.25) is 0 Å². The van der Waals surface area contributed by atoms with Gasteiger partial charge in [-0.1, -0.05) is 23.5 Å². The first-order chi connectivity index (χ1) is 18.3. The van der Waals surface area contributed by atoms with E-state index < -0.39 is 17.7 Å². The van der Waals surface area contributed by atoms with E-state index in [9.17, 15) is 14.7 Å². The lowest BCUT2D eigenvalue weighted by Gasteiger charge is -2.23. The van der Waals surface area contributed by atoms with Crippen LogP contribution in [0.2, 0.25) is 0 Å². The molecule has 1 fully saturated rings. The van der Waals surface area contributed by atoms with E-state index in [-0.39, 0.29) is 11.3 Å². The SMILES string of the molecule is CCOc1ccc(C(O)=C2C(=O)C(=O)N(c3nc4ccc(OC)cc4s3)C2c2ccc(N(C)C)cc2)cc1. The first-order valence-electron chi connectivity index (χ1n) is 12.1. The Morgan fingerprint density at radius 1 is 1.03 bits per heavy atom. The van der Waals surface area contributed by atoms with Crippen molar-refractivity contribution in [2.24, 2.45) is 0 Å². The quantitative estimate of drug-likeness (QED) is 0.195. The number of aliphatic hydroxyl groups is 1. The summed E-state index contributed by atoms with van der Waals surface area (Å²) in [4.78, 5) is 35.0. The van der Waals surface area contributed by atoms with E-state index in [1.165, 1.54) is 16.2 Å². The second-order valence-corrected chi connectivity index (χ2v) is 9.95. The van der Waals surface area contributed by atoms with Crippen LogP contribution in [0.5, 0.6) is 11.5 Å². The molecule has 0 aliphatic carbocycles. The van der Waals surface area contributed by atoms with Crippen LogP contribution in [0, 0.1) is 0 Å². The normalized spacial score (nSPS) is 16.7. The number of ketones is 1. The van der Waals surface area contributed by atoms with Crippen LogP contribution in [-0.4, -0.2) is 49.6 Å². The molecule has 4 aromatic rings. The van der Waals surface area contributed by atoms with Crippen LogP contribution in [0.1, 0.15) is 24.1 Å². The Bertz CT molecular complexity index is 1540. The highest BCUT2D eigenvalue weighted by Gasteiger charge is 2.48. The molecule has 1 aliphatic heterocycles. The van der Waals surface area contributed by atoms with Crippen molar-refractivity contribution in [1.82, 2.24) is 4.98 Å². The van der Waals surface area contributed by atoms with Gasteiger partial charge in [-0.2, -0.15) is 0 Å². The van der Waals surface area contributed by atoms with Gasteiger partial charge < -0.3 is 19.5 Å². The van der Waals surface area contributed by atoms with Gasteiger partial charge >= 0.3 is 5.91 Å². The van der Waals surface area contributed by atoms with E-state index in [4.69, 9.17) is 9.47 Å². The summed E-state index contributed by atoms with van der Waals surface area (Å²) in [5.74, 6) is -0.454. The van der Waals surface area contributed by atoms with Crippen molar-refractivity contribution in [2.75, 3.05) is 37.6 Å². The van der Waals surface area contributed by atoms with Crippen LogP contribution in [0.15, 0.2) is 72.3 Å². The minimum absolute atomic E-state index is 0.00796. The Kier molecular flexibility index (Phi) is 6.77. The third-order valence-electron chi connectivity index (χ3n) is 6.40. The first kappa shape index (κ1) is 25.3. The molecule has 0 spiro atoms. The lowest BCUT2D eigenvalue weighted by molar-refractivity contribution is -0.132. The van der Waals surface area contributed by atoms with Crippen LogP contribution in [0.3, 0.4) is 0 Å². The molecule has 3 aromatic carbocycles. The molecule has 8 nitrogen and oxygen atoms in total. The second-order valence-electron chi connectivity index (χ2n) is 8.94. The number of thiazole rings is 1. The van der Waals surface area contributed by atoms with Crippen molar-refractivity contribution < 1.29 is 24.2 Å². The van der Waals surface area contributed by atoms with E-state index in [0.29, 0.717) is 39.9 Å². The Morgan fingerprint density at radius 2 is 1.71 bits per heavy atom. The van der Waals surface area contributed by atoms with Gasteiger partial charge in [0.05, 0.1) is 35.5 Å². The fraction of sp³-hybridized carbons (Fsp3) is 0.207. The molecule has 5 rings (SSSR count). The molecule has 38 heavy (non-hydrogen) atoms. The van der Waals surface area contributed by atoms with Gasteiger partial charge in [0.15, 0.2) is 5.13 Å². The maximum atomic E-state index is 13.5. The molecule has 1 atom stereocenters. The third-order valence-corrected chi connectivity index (χ3v) is 7.42. The van der Waals surface area contributed by atoms with Crippen LogP contribution in [-0.2, 0) is 9.59 Å². The van der Waals surface area contributed by atoms with Crippen molar-refractivity contribution >= 4 is 49.8 Å². The van der Waals surface area contributed by atoms with Gasteiger partial charge in [-0.15, -0.1) is 0 Å². The molecule has 1 unspecified atom stereocenters. The summed E-state index contributed by atoms with van der Waals surface area (Å²) in [6.45, 7) is 2.39. The number of rotatable bonds is 7. The molecule has 1 amide bonds. The van der Waals surface area contributed by atoms with E-state index >= 15 is 0 Å². The molecule has 0 saturated carbocycles. The third kappa shape index (κ3) is 4.45. The number of carbonyl (C=O) groups is 2. The Balaban J connectivity index is 1.67. The van der Waals surface area contributed by atoms with Crippen molar-refractivity contribution in [3.8, 4) is 11.5 Å². The van der Waals surface area contributed by atoms with Crippen molar-refractivity contribution in [3.63, 3.8) is 0 Å². The van der Waals surface area contributed by atoms with Gasteiger partial charge in [-0.05, 0) is 67.1 Å². The zero-order chi connectivity index (χ0) is 27.0. The lowest BCUT2D eigenvalue weighted by atomic mass is 9.95. The van der Waals surface area contributed by atoms with Crippen molar-refractivity contribution in [2.45, 2.75) is 13.0 Å². The summed E-state index contributed by atoms with van der Waals surface area (Å²) >= 11 is 1.29. The lowest BCUT2D eigenvalue weighted by Crippen LogP contribution is -2.29. The smallest absolute Gasteiger partial charge is 0.301 e. The van der Waals surface area contributed by atoms with Crippen LogP contribution in [0.4, 0.5) is 10.8 Å². The van der Waals surface area contributed by atoms with Gasteiger partial charge in [0.25, 0.3) is 5.78 Å². The van der Waals surface area contributed by atoms with Gasteiger partial charge in [0, 0.05) is 25.3 Å². The number of methoxy groups -OCH3 is 1. The zero-order valence-electron chi connectivity index (χ0n) is 21.5. The zero-order valence-corrected chi connectivity index (χ0v) is 22.3. The molecular weight excluding hydrogens is 502 g/mol. The number of carbonyl (C=O) groups excluding carboxylic acids is 2. The number of ether oxygens (including phenoxy) is 2. The minimum Gasteiger partial charge on any atom is -0.507 e. The summed E-state index contributed by atoms with van der Waals surface area (Å²) in [5.41, 5.74) is 2.74. The standard InChI is InChI=1S/C29H27N3O5S/c1-5-37-20-12-8-18(9-13-20)26(33)24-25(17-6-10-19(11-7-17)31(2)3)32(28(35)27(24)34)29-30-22-15-14-21(36-4)16-23(22)38-29/h6-16,25,33H,5H2,1-4H3. The number of fused-ring (bicyclic) bond motifs is 1. The highest BCUT2D eigenvalue weighted by atomic mass is 32.1. The van der Waals surface area contributed by atoms with Crippen LogP contribution >= 0.6 is 11.3 Å². The Labute approximate surface area is 224 Å². The average molecular weight is 530 g/mol. The molecule has 1 aliphatic rings. The highest BCUT2D eigenvalue weighted by Crippen LogP contribution is 2.45. The van der Waals surface area contributed by atoms with E-state index in [2.05, 4.69) is 4.98 Å². The number of hydrogen-bond donors (Lipinski definition) is 1. The molecule has 1 N–H and O–H groups in total. The van der Waals surface area contributed by atoms with E-state index in [1.54, 1.807) is 37.4 Å². The van der Waals surface area contributed by atoms with Gasteiger partial charge in [0.1, 0.15) is 17.3 Å². The molecule has 9 heteroatoms. The largest absolute Gasteiger partial charge is 0.507 e. The number of hydrogen-bond acceptors (Lipinski definition) is 8. The number of nitrogens with zero attached hydrogens (tertiary/aromatic N) is 3. The van der Waals surface area contributed by atoms with E-state index in [1.807, 2.05) is 62.3 Å². The molecule has 194 valence electrons. The van der Waals surface area contributed by atoms with Gasteiger partial charge in [-0.25, -0.2) is 4.98 Å². The molecule has 1 saturated heterocycles. The minimum atomic E-state index is -0.861. The fourth-order valence-corrected chi connectivity index (χ4v) is 5.47. The maximum absolute atomic E-state index is 13.5. The van der Waals surface area contributed by atoms with Crippen molar-refractivity contribution in [3.05, 3.63) is 83.4 Å². The molecule has 2 heterocycles. The summed E-state index contributed by atoms with van der Waals surface area (Å²) in [5, 5.41) is 11.7. The molecule has 0 radical (unpaired) electrons. The van der Waals surface area contributed by atoms with Crippen molar-refractivity contribution in [1.29, 1.82) is 0 Å².